The van der Waals surface area contributed by atoms with Crippen molar-refractivity contribution in [3.63, 3.8) is 0 Å². The maximum Gasteiger partial charge on any atom is 0.472 e. The Morgan fingerprint density at radius 3 is 0.947 bits per heavy atom. The molecule has 0 spiro atoms. The Morgan fingerprint density at radius 2 is 0.653 bits per heavy atom. The summed E-state index contributed by atoms with van der Waals surface area (Å²) in [5.74, 6) is -0.817. The van der Waals surface area contributed by atoms with Gasteiger partial charge < -0.3 is 20.1 Å². The largest absolute Gasteiger partial charge is 0.472 e. The van der Waals surface area contributed by atoms with Gasteiger partial charge in [-0.15, -0.1) is 0 Å². The van der Waals surface area contributed by atoms with Crippen LogP contribution in [0.1, 0.15) is 361 Å². The highest BCUT2D eigenvalue weighted by atomic mass is 31.2. The molecule has 0 aliphatic heterocycles. The molecule has 446 valence electrons. The number of carbonyl (C=O) groups is 2. The van der Waals surface area contributed by atoms with E-state index in [0.717, 1.165) is 51.4 Å². The van der Waals surface area contributed by atoms with E-state index in [9.17, 15) is 19.0 Å². The van der Waals surface area contributed by atoms with Crippen molar-refractivity contribution in [3.8, 4) is 0 Å². The van der Waals surface area contributed by atoms with Gasteiger partial charge in [-0.05, 0) is 38.5 Å². The molecule has 0 fully saturated rings. The lowest BCUT2D eigenvalue weighted by molar-refractivity contribution is -0.161. The number of hydrogen-bond acceptors (Lipinski definition) is 8. The maximum atomic E-state index is 12.7. The smallest absolute Gasteiger partial charge is 0.462 e. The number of rotatable bonds is 64. The van der Waals surface area contributed by atoms with Crippen molar-refractivity contribution in [1.82, 2.24) is 0 Å². The van der Waals surface area contributed by atoms with Gasteiger partial charge in [0.15, 0.2) is 6.10 Å². The van der Waals surface area contributed by atoms with Crippen LogP contribution in [0.5, 0.6) is 0 Å². The van der Waals surface area contributed by atoms with Crippen LogP contribution in [-0.4, -0.2) is 49.3 Å². The Kier molecular flexibility index (Phi) is 60.9. The summed E-state index contributed by atoms with van der Waals surface area (Å²) in [6, 6.07) is 0. The molecule has 9 nitrogen and oxygen atoms in total. The summed E-state index contributed by atoms with van der Waals surface area (Å²) in [7, 11) is -4.38. The van der Waals surface area contributed by atoms with Gasteiger partial charge in [0.05, 0.1) is 13.2 Å². The van der Waals surface area contributed by atoms with Crippen molar-refractivity contribution < 1.29 is 37.6 Å². The second kappa shape index (κ2) is 62.0. The van der Waals surface area contributed by atoms with Crippen LogP contribution in [0.4, 0.5) is 0 Å². The van der Waals surface area contributed by atoms with Crippen LogP contribution in [0.25, 0.3) is 0 Å². The number of esters is 2. The fourth-order valence-corrected chi connectivity index (χ4v) is 11.0. The molecule has 0 bridgehead atoms. The van der Waals surface area contributed by atoms with Crippen LogP contribution >= 0.6 is 7.82 Å². The average molecular weight is 1080 g/mol. The summed E-state index contributed by atoms with van der Waals surface area (Å²) >= 11 is 0. The Labute approximate surface area is 466 Å². The van der Waals surface area contributed by atoms with Crippen molar-refractivity contribution in [1.29, 1.82) is 0 Å². The molecule has 0 aliphatic carbocycles. The molecule has 0 amide bonds. The van der Waals surface area contributed by atoms with Gasteiger partial charge in [-0.2, -0.15) is 0 Å². The highest BCUT2D eigenvalue weighted by Gasteiger charge is 2.26. The van der Waals surface area contributed by atoms with Crippen LogP contribution in [0.2, 0.25) is 0 Å². The molecule has 0 rings (SSSR count). The zero-order valence-electron chi connectivity index (χ0n) is 50.1. The van der Waals surface area contributed by atoms with Crippen molar-refractivity contribution in [2.75, 3.05) is 26.4 Å². The number of hydrogen-bond donors (Lipinski definition) is 2. The third kappa shape index (κ3) is 61.8. The van der Waals surface area contributed by atoms with Crippen molar-refractivity contribution in [2.45, 2.75) is 367 Å². The molecule has 0 saturated carbocycles. The second-order valence-corrected chi connectivity index (χ2v) is 24.2. The molecule has 10 heteroatoms. The second-order valence-electron chi connectivity index (χ2n) is 22.7. The minimum Gasteiger partial charge on any atom is -0.462 e. The van der Waals surface area contributed by atoms with Gasteiger partial charge in [0, 0.05) is 19.4 Å². The zero-order valence-corrected chi connectivity index (χ0v) is 51.0. The molecule has 0 aromatic heterocycles. The normalized spacial score (nSPS) is 13.0. The Bertz CT molecular complexity index is 1230. The summed E-state index contributed by atoms with van der Waals surface area (Å²) in [4.78, 5) is 35.2. The number of phosphoric acid groups is 1. The van der Waals surface area contributed by atoms with Gasteiger partial charge in [0.25, 0.3) is 0 Å². The van der Waals surface area contributed by atoms with Gasteiger partial charge in [0.2, 0.25) is 0 Å². The molecule has 3 N–H and O–H groups in total. The highest BCUT2D eigenvalue weighted by Crippen LogP contribution is 2.43. The van der Waals surface area contributed by atoms with E-state index in [1.807, 2.05) is 0 Å². The van der Waals surface area contributed by atoms with E-state index in [2.05, 4.69) is 26.0 Å². The number of allylic oxidation sites excluding steroid dienone is 2. The van der Waals surface area contributed by atoms with Gasteiger partial charge in [0.1, 0.15) is 6.61 Å². The minimum atomic E-state index is -4.38. The number of carbonyl (C=O) groups excluding carboxylic acids is 2. The van der Waals surface area contributed by atoms with Gasteiger partial charge in [-0.25, -0.2) is 4.57 Å². The monoisotopic (exact) mass is 1080 g/mol. The molecule has 2 unspecified atom stereocenters. The van der Waals surface area contributed by atoms with Gasteiger partial charge in [-0.1, -0.05) is 321 Å². The Hall–Kier alpha value is -1.25. The summed E-state index contributed by atoms with van der Waals surface area (Å²) in [5.41, 5.74) is 5.38. The molecule has 2 atom stereocenters. The van der Waals surface area contributed by atoms with Crippen LogP contribution in [0.15, 0.2) is 12.2 Å². The number of phosphoric ester groups is 1. The summed E-state index contributed by atoms with van der Waals surface area (Å²) in [6.07, 6.45) is 73.3. The molecular formula is C65H128NO8P. The van der Waals surface area contributed by atoms with Crippen LogP contribution in [0, 0.1) is 0 Å². The van der Waals surface area contributed by atoms with Gasteiger partial charge >= 0.3 is 19.8 Å². The molecule has 75 heavy (non-hydrogen) atoms. The first-order valence-corrected chi connectivity index (χ1v) is 34.7. The number of nitrogens with two attached hydrogens (primary N) is 1. The first-order chi connectivity index (χ1) is 36.8. The minimum absolute atomic E-state index is 0.0553. The highest BCUT2D eigenvalue weighted by molar-refractivity contribution is 7.47. The molecular weight excluding hydrogens is 954 g/mol. The fourth-order valence-electron chi connectivity index (χ4n) is 10.2. The summed E-state index contributed by atoms with van der Waals surface area (Å²) < 4.78 is 33.0. The first kappa shape index (κ1) is 73.8. The molecule has 0 saturated heterocycles. The summed E-state index contributed by atoms with van der Waals surface area (Å²) in [6.45, 7) is 3.80. The van der Waals surface area contributed by atoms with Crippen LogP contribution in [-0.2, 0) is 32.7 Å². The van der Waals surface area contributed by atoms with Crippen molar-refractivity contribution >= 4 is 19.8 Å². The Morgan fingerprint density at radius 1 is 0.387 bits per heavy atom. The van der Waals surface area contributed by atoms with E-state index in [-0.39, 0.29) is 38.6 Å². The predicted octanol–water partition coefficient (Wildman–Crippen LogP) is 21.2. The number of unbranched alkanes of at least 4 members (excludes halogenated alkanes) is 49. The topological polar surface area (TPSA) is 134 Å². The summed E-state index contributed by atoms with van der Waals surface area (Å²) in [5, 5.41) is 0. The third-order valence-electron chi connectivity index (χ3n) is 15.2. The maximum absolute atomic E-state index is 12.7. The SMILES string of the molecule is CCCCCCCCC/C=C\CCCCCCCC(=O)OC(COC(=O)CCCCCCCCCCCCCCCCCCCCCCCCCCCCCCCCCCCCCCCC)COP(=O)(O)OCCN. The third-order valence-corrected chi connectivity index (χ3v) is 16.1. The lowest BCUT2D eigenvalue weighted by Gasteiger charge is -2.19. The standard InChI is InChI=1S/C65H128NO8P/c1-3-5-7-9-11-13-15-17-19-21-22-23-24-25-26-27-28-29-30-31-32-33-34-35-36-37-38-39-40-41-42-44-45-47-49-51-53-55-57-64(67)71-61-63(62-73-75(69,70)72-60-59-66)74-65(68)58-56-54-52-50-48-46-43-20-18-16-14-12-10-8-6-4-2/h20,43,63H,3-19,21-42,44-62,66H2,1-2H3,(H,69,70)/b43-20-. The van der Waals surface area contributed by atoms with Crippen LogP contribution < -0.4 is 5.73 Å². The van der Waals surface area contributed by atoms with E-state index in [4.69, 9.17) is 24.3 Å². The Balaban J connectivity index is 3.71. The quantitative estimate of drug-likeness (QED) is 0.0264. The lowest BCUT2D eigenvalue weighted by atomic mass is 10.0. The molecule has 0 aliphatic rings. The molecule has 0 aromatic rings. The number of ether oxygens (including phenoxy) is 2. The lowest BCUT2D eigenvalue weighted by Crippen LogP contribution is -2.29. The molecule has 0 aromatic carbocycles. The van der Waals surface area contributed by atoms with E-state index < -0.39 is 26.5 Å². The zero-order chi connectivity index (χ0) is 54.5. The van der Waals surface area contributed by atoms with Gasteiger partial charge in [-0.3, -0.25) is 18.6 Å². The molecule has 0 radical (unpaired) electrons. The molecule has 0 heterocycles. The van der Waals surface area contributed by atoms with E-state index in [1.165, 1.54) is 276 Å². The van der Waals surface area contributed by atoms with E-state index in [0.29, 0.717) is 6.42 Å². The first-order valence-electron chi connectivity index (χ1n) is 33.2. The van der Waals surface area contributed by atoms with Crippen molar-refractivity contribution in [3.05, 3.63) is 12.2 Å². The van der Waals surface area contributed by atoms with E-state index in [1.54, 1.807) is 0 Å². The predicted molar refractivity (Wildman–Crippen MR) is 321 cm³/mol. The van der Waals surface area contributed by atoms with Crippen molar-refractivity contribution in [2.24, 2.45) is 5.73 Å². The van der Waals surface area contributed by atoms with E-state index >= 15 is 0 Å². The van der Waals surface area contributed by atoms with Crippen LogP contribution in [0.3, 0.4) is 0 Å². The average Bonchev–Trinajstić information content (AvgIpc) is 3.40. The fraction of sp³-hybridized carbons (Fsp3) is 0.938.